The largest absolute Gasteiger partial charge is 0.497 e. The quantitative estimate of drug-likeness (QED) is 0.799. The zero-order valence-corrected chi connectivity index (χ0v) is 14.1. The summed E-state index contributed by atoms with van der Waals surface area (Å²) in [5.41, 5.74) is 1.19. The molecule has 120 valence electrons. The molecule has 0 radical (unpaired) electrons. The van der Waals surface area contributed by atoms with E-state index in [1.165, 1.54) is 0 Å². The fraction of sp³-hybridized carbons (Fsp3) is 0.647. The van der Waals surface area contributed by atoms with Crippen LogP contribution >= 0.6 is 0 Å². The van der Waals surface area contributed by atoms with Gasteiger partial charge in [-0.2, -0.15) is 0 Å². The average molecular weight is 295 g/mol. The van der Waals surface area contributed by atoms with Gasteiger partial charge in [0.15, 0.2) is 0 Å². The van der Waals surface area contributed by atoms with Crippen molar-refractivity contribution in [2.24, 2.45) is 0 Å². The average Bonchev–Trinajstić information content (AvgIpc) is 2.43. The van der Waals surface area contributed by atoms with Gasteiger partial charge in [0.25, 0.3) is 0 Å². The first kappa shape index (κ1) is 18.0. The number of ether oxygens (including phenoxy) is 3. The highest BCUT2D eigenvalue weighted by Crippen LogP contribution is 2.22. The Morgan fingerprint density at radius 1 is 1.10 bits per heavy atom. The standard InChI is InChI=1S/C17H29NO3/c1-13(12-19-5)21-16(11-18-17(2,3)4)14-7-9-15(20-6)10-8-14/h7-10,13,16,18H,11-12H2,1-6H3. The van der Waals surface area contributed by atoms with E-state index in [2.05, 4.69) is 26.1 Å². The van der Waals surface area contributed by atoms with E-state index >= 15 is 0 Å². The summed E-state index contributed by atoms with van der Waals surface area (Å²) in [6, 6.07) is 8.02. The molecule has 0 amide bonds. The molecule has 0 saturated heterocycles. The zero-order valence-electron chi connectivity index (χ0n) is 14.1. The molecular formula is C17H29NO3. The van der Waals surface area contributed by atoms with Gasteiger partial charge >= 0.3 is 0 Å². The van der Waals surface area contributed by atoms with Crippen LogP contribution < -0.4 is 10.1 Å². The van der Waals surface area contributed by atoms with Gasteiger partial charge in [-0.05, 0) is 45.4 Å². The van der Waals surface area contributed by atoms with Crippen LogP contribution in [0.4, 0.5) is 0 Å². The van der Waals surface area contributed by atoms with Gasteiger partial charge in [-0.25, -0.2) is 0 Å². The van der Waals surface area contributed by atoms with Crippen molar-refractivity contribution in [1.29, 1.82) is 0 Å². The fourth-order valence-corrected chi connectivity index (χ4v) is 2.02. The number of nitrogens with one attached hydrogen (secondary N) is 1. The maximum Gasteiger partial charge on any atom is 0.118 e. The molecule has 0 saturated carbocycles. The van der Waals surface area contributed by atoms with Crippen molar-refractivity contribution in [2.45, 2.75) is 45.4 Å². The lowest BCUT2D eigenvalue weighted by Gasteiger charge is -2.28. The second-order valence-electron chi connectivity index (χ2n) is 6.29. The SMILES string of the molecule is COCC(C)OC(CNC(C)(C)C)c1ccc(OC)cc1. The van der Waals surface area contributed by atoms with Gasteiger partial charge in [-0.1, -0.05) is 12.1 Å². The highest BCUT2D eigenvalue weighted by Gasteiger charge is 2.19. The minimum Gasteiger partial charge on any atom is -0.497 e. The molecule has 0 spiro atoms. The van der Waals surface area contributed by atoms with E-state index in [9.17, 15) is 0 Å². The summed E-state index contributed by atoms with van der Waals surface area (Å²) in [6.45, 7) is 9.81. The van der Waals surface area contributed by atoms with Crippen LogP contribution in [0.15, 0.2) is 24.3 Å². The third-order valence-corrected chi connectivity index (χ3v) is 3.10. The molecule has 2 atom stereocenters. The van der Waals surface area contributed by atoms with Gasteiger partial charge in [-0.15, -0.1) is 0 Å². The van der Waals surface area contributed by atoms with Crippen LogP contribution in [-0.4, -0.2) is 39.0 Å². The highest BCUT2D eigenvalue weighted by atomic mass is 16.5. The molecule has 0 bridgehead atoms. The summed E-state index contributed by atoms with van der Waals surface area (Å²) in [7, 11) is 3.36. The molecule has 1 N–H and O–H groups in total. The van der Waals surface area contributed by atoms with E-state index in [1.54, 1.807) is 14.2 Å². The number of methoxy groups -OCH3 is 2. The Kier molecular flexibility index (Phi) is 7.15. The number of rotatable bonds is 8. The minimum absolute atomic E-state index is 0.0136. The van der Waals surface area contributed by atoms with E-state index in [4.69, 9.17) is 14.2 Å². The summed E-state index contributed by atoms with van der Waals surface area (Å²) < 4.78 is 16.5. The van der Waals surface area contributed by atoms with Crippen molar-refractivity contribution < 1.29 is 14.2 Å². The Labute approximate surface area is 128 Å². The Hall–Kier alpha value is -1.10. The van der Waals surface area contributed by atoms with Gasteiger partial charge in [0.1, 0.15) is 5.75 Å². The van der Waals surface area contributed by atoms with Crippen molar-refractivity contribution in [2.75, 3.05) is 27.4 Å². The lowest BCUT2D eigenvalue weighted by molar-refractivity contribution is -0.0411. The molecule has 0 aliphatic heterocycles. The van der Waals surface area contributed by atoms with E-state index in [0.717, 1.165) is 17.9 Å². The van der Waals surface area contributed by atoms with E-state index in [1.807, 2.05) is 31.2 Å². The summed E-state index contributed by atoms with van der Waals surface area (Å²) in [5, 5.41) is 3.50. The lowest BCUT2D eigenvalue weighted by atomic mass is 10.1. The molecular weight excluding hydrogens is 266 g/mol. The fourth-order valence-electron chi connectivity index (χ4n) is 2.02. The molecule has 1 aromatic carbocycles. The van der Waals surface area contributed by atoms with Crippen LogP contribution in [0.25, 0.3) is 0 Å². The second-order valence-corrected chi connectivity index (χ2v) is 6.29. The normalized spacial score (nSPS) is 14.8. The topological polar surface area (TPSA) is 39.7 Å². The summed E-state index contributed by atoms with van der Waals surface area (Å²) in [5.74, 6) is 0.853. The van der Waals surface area contributed by atoms with E-state index < -0.39 is 0 Å². The zero-order chi connectivity index (χ0) is 15.9. The molecule has 0 aliphatic carbocycles. The monoisotopic (exact) mass is 295 g/mol. The molecule has 0 fully saturated rings. The molecule has 2 unspecified atom stereocenters. The molecule has 1 rings (SSSR count). The number of hydrogen-bond donors (Lipinski definition) is 1. The molecule has 4 nitrogen and oxygen atoms in total. The second kappa shape index (κ2) is 8.37. The molecule has 4 heteroatoms. The summed E-state index contributed by atoms with van der Waals surface area (Å²) in [6.07, 6.45) is 0.0316. The summed E-state index contributed by atoms with van der Waals surface area (Å²) >= 11 is 0. The van der Waals surface area contributed by atoms with Crippen molar-refractivity contribution >= 4 is 0 Å². The van der Waals surface area contributed by atoms with Crippen molar-refractivity contribution in [3.63, 3.8) is 0 Å². The van der Waals surface area contributed by atoms with Crippen LogP contribution in [-0.2, 0) is 9.47 Å². The maximum absolute atomic E-state index is 6.12. The molecule has 0 heterocycles. The number of benzene rings is 1. The Balaban J connectivity index is 2.78. The smallest absolute Gasteiger partial charge is 0.118 e. The van der Waals surface area contributed by atoms with Crippen molar-refractivity contribution in [3.8, 4) is 5.75 Å². The van der Waals surface area contributed by atoms with Gasteiger partial charge in [0.05, 0.1) is 25.9 Å². The number of hydrogen-bond acceptors (Lipinski definition) is 4. The third kappa shape index (κ3) is 6.93. The van der Waals surface area contributed by atoms with Crippen LogP contribution in [0, 0.1) is 0 Å². The first-order valence-electron chi connectivity index (χ1n) is 7.39. The maximum atomic E-state index is 6.12. The van der Waals surface area contributed by atoms with E-state index in [0.29, 0.717) is 6.61 Å². The van der Waals surface area contributed by atoms with Crippen LogP contribution in [0.2, 0.25) is 0 Å². The summed E-state index contributed by atoms with van der Waals surface area (Å²) in [4.78, 5) is 0. The van der Waals surface area contributed by atoms with Crippen LogP contribution in [0.3, 0.4) is 0 Å². The Morgan fingerprint density at radius 3 is 2.19 bits per heavy atom. The third-order valence-electron chi connectivity index (χ3n) is 3.10. The molecule has 1 aromatic rings. The lowest BCUT2D eigenvalue weighted by Crippen LogP contribution is -2.39. The van der Waals surface area contributed by atoms with E-state index in [-0.39, 0.29) is 17.7 Å². The van der Waals surface area contributed by atoms with Gasteiger partial charge in [-0.3, -0.25) is 0 Å². The predicted molar refractivity (Wildman–Crippen MR) is 85.9 cm³/mol. The Bertz CT molecular complexity index is 397. The van der Waals surface area contributed by atoms with Gasteiger partial charge < -0.3 is 19.5 Å². The molecule has 0 aliphatic rings. The predicted octanol–water partition coefficient (Wildman–Crippen LogP) is 3.18. The minimum atomic E-state index is -0.0136. The first-order chi connectivity index (χ1) is 9.85. The van der Waals surface area contributed by atoms with Crippen molar-refractivity contribution in [1.82, 2.24) is 5.32 Å². The van der Waals surface area contributed by atoms with Crippen LogP contribution in [0.1, 0.15) is 39.4 Å². The van der Waals surface area contributed by atoms with Crippen molar-refractivity contribution in [3.05, 3.63) is 29.8 Å². The molecule has 0 aromatic heterocycles. The highest BCUT2D eigenvalue weighted by molar-refractivity contribution is 5.28. The first-order valence-corrected chi connectivity index (χ1v) is 7.39. The molecule has 21 heavy (non-hydrogen) atoms. The van der Waals surface area contributed by atoms with Crippen LogP contribution in [0.5, 0.6) is 5.75 Å². The Morgan fingerprint density at radius 2 is 1.71 bits per heavy atom. The van der Waals surface area contributed by atoms with Gasteiger partial charge in [0.2, 0.25) is 0 Å². The van der Waals surface area contributed by atoms with Gasteiger partial charge in [0, 0.05) is 19.2 Å².